The summed E-state index contributed by atoms with van der Waals surface area (Å²) >= 11 is 5.80. The number of hydrogen-bond acceptors (Lipinski definition) is 6. The first kappa shape index (κ1) is 22.5. The highest BCUT2D eigenvalue weighted by atomic mass is 32.1. The van der Waals surface area contributed by atoms with Crippen molar-refractivity contribution in [2.45, 2.75) is 12.1 Å². The summed E-state index contributed by atoms with van der Waals surface area (Å²) in [6, 6.07) is 16.4. The van der Waals surface area contributed by atoms with Crippen LogP contribution in [0.1, 0.15) is 23.5 Å². The van der Waals surface area contributed by atoms with E-state index in [0.717, 1.165) is 56.5 Å². The fraction of sp³-hybridized carbons (Fsp3) is 0.333. The van der Waals surface area contributed by atoms with Gasteiger partial charge in [0.05, 0.1) is 35.9 Å². The molecule has 5 rings (SSSR count). The molecule has 1 N–H and O–H groups in total. The molecule has 176 valence electrons. The van der Waals surface area contributed by atoms with Crippen LogP contribution in [0.15, 0.2) is 67.0 Å². The topological polar surface area (TPSA) is 88.7 Å². The van der Waals surface area contributed by atoms with E-state index in [9.17, 15) is 10.1 Å². The molecule has 0 amide bonds. The van der Waals surface area contributed by atoms with Crippen LogP contribution in [0.2, 0.25) is 0 Å². The van der Waals surface area contributed by atoms with E-state index >= 15 is 0 Å². The number of ether oxygens (including phenoxy) is 1. The Labute approximate surface area is 203 Å². The van der Waals surface area contributed by atoms with Crippen molar-refractivity contribution in [2.24, 2.45) is 0 Å². The number of non-ortho nitro benzene ring substituents is 1. The van der Waals surface area contributed by atoms with Gasteiger partial charge in [-0.1, -0.05) is 6.07 Å². The Kier molecular flexibility index (Phi) is 6.52. The van der Waals surface area contributed by atoms with E-state index in [0.29, 0.717) is 5.11 Å². The van der Waals surface area contributed by atoms with Gasteiger partial charge in [0.15, 0.2) is 5.11 Å². The van der Waals surface area contributed by atoms with Gasteiger partial charge in [-0.3, -0.25) is 20.0 Å². The highest BCUT2D eigenvalue weighted by molar-refractivity contribution is 7.80. The van der Waals surface area contributed by atoms with Crippen LogP contribution in [-0.2, 0) is 4.74 Å². The molecule has 34 heavy (non-hydrogen) atoms. The Balaban J connectivity index is 1.49. The van der Waals surface area contributed by atoms with Gasteiger partial charge in [0, 0.05) is 62.1 Å². The number of morpholine rings is 1. The van der Waals surface area contributed by atoms with Crippen LogP contribution in [0.3, 0.4) is 0 Å². The minimum absolute atomic E-state index is 0.0691. The Hall–Kier alpha value is -3.34. The van der Waals surface area contributed by atoms with Crippen LogP contribution >= 0.6 is 12.2 Å². The highest BCUT2D eigenvalue weighted by Gasteiger charge is 2.41. The zero-order valence-corrected chi connectivity index (χ0v) is 19.4. The maximum Gasteiger partial charge on any atom is 0.269 e. The van der Waals surface area contributed by atoms with E-state index < -0.39 is 0 Å². The number of rotatable bonds is 7. The Morgan fingerprint density at radius 2 is 1.88 bits per heavy atom. The van der Waals surface area contributed by atoms with E-state index in [1.165, 1.54) is 12.1 Å². The average Bonchev–Trinajstić information content (AvgIpc) is 3.48. The van der Waals surface area contributed by atoms with Gasteiger partial charge < -0.3 is 19.5 Å². The molecule has 4 heterocycles. The van der Waals surface area contributed by atoms with Crippen LogP contribution in [0.5, 0.6) is 0 Å². The van der Waals surface area contributed by atoms with Gasteiger partial charge in [0.25, 0.3) is 5.69 Å². The van der Waals surface area contributed by atoms with Crippen molar-refractivity contribution >= 4 is 23.0 Å². The second-order valence-electron chi connectivity index (χ2n) is 8.35. The molecule has 0 spiro atoms. The quantitative estimate of drug-likeness (QED) is 0.315. The predicted molar refractivity (Wildman–Crippen MR) is 132 cm³/mol. The Morgan fingerprint density at radius 1 is 1.09 bits per heavy atom. The molecule has 2 aliphatic heterocycles. The van der Waals surface area contributed by atoms with Gasteiger partial charge in [-0.25, -0.2) is 0 Å². The summed E-state index contributed by atoms with van der Waals surface area (Å²) in [5.74, 6) is 0. The molecule has 9 nitrogen and oxygen atoms in total. The minimum Gasteiger partial charge on any atom is -0.379 e. The molecule has 2 atom stereocenters. The van der Waals surface area contributed by atoms with Gasteiger partial charge in [0.2, 0.25) is 0 Å². The third-order valence-corrected chi connectivity index (χ3v) is 6.73. The zero-order valence-electron chi connectivity index (χ0n) is 18.6. The number of hydrogen-bond donors (Lipinski definition) is 1. The summed E-state index contributed by atoms with van der Waals surface area (Å²) < 4.78 is 7.56. The number of pyridine rings is 1. The molecule has 0 bridgehead atoms. The highest BCUT2D eigenvalue weighted by Crippen LogP contribution is 2.39. The van der Waals surface area contributed by atoms with Crippen LogP contribution in [0.25, 0.3) is 5.69 Å². The summed E-state index contributed by atoms with van der Waals surface area (Å²) in [4.78, 5) is 20.0. The summed E-state index contributed by atoms with van der Waals surface area (Å²) in [6.07, 6.45) is 3.77. The van der Waals surface area contributed by atoms with E-state index in [1.807, 2.05) is 30.5 Å². The number of nitrogens with one attached hydrogen (secondary N) is 1. The molecule has 0 unspecified atom stereocenters. The Bertz CT molecular complexity index is 1150. The fourth-order valence-corrected chi connectivity index (χ4v) is 4.98. The molecule has 2 fully saturated rings. The largest absolute Gasteiger partial charge is 0.379 e. The second kappa shape index (κ2) is 9.88. The third kappa shape index (κ3) is 4.52. The number of nitro groups is 1. The van der Waals surface area contributed by atoms with Crippen molar-refractivity contribution in [2.75, 3.05) is 39.4 Å². The lowest BCUT2D eigenvalue weighted by atomic mass is 10.0. The van der Waals surface area contributed by atoms with Crippen molar-refractivity contribution in [3.63, 3.8) is 0 Å². The van der Waals surface area contributed by atoms with E-state index in [4.69, 9.17) is 17.0 Å². The smallest absolute Gasteiger partial charge is 0.269 e. The monoisotopic (exact) mass is 478 g/mol. The van der Waals surface area contributed by atoms with Crippen molar-refractivity contribution in [1.29, 1.82) is 0 Å². The molecule has 10 heteroatoms. The molecule has 0 radical (unpaired) electrons. The molecule has 3 aromatic rings. The summed E-state index contributed by atoms with van der Waals surface area (Å²) in [5.41, 5.74) is 2.88. The van der Waals surface area contributed by atoms with E-state index in [1.54, 1.807) is 18.3 Å². The van der Waals surface area contributed by atoms with Gasteiger partial charge in [0.1, 0.15) is 0 Å². The van der Waals surface area contributed by atoms with Gasteiger partial charge in [-0.2, -0.15) is 0 Å². The van der Waals surface area contributed by atoms with Crippen LogP contribution < -0.4 is 5.32 Å². The number of nitro benzene ring substituents is 1. The molecule has 0 saturated carbocycles. The minimum atomic E-state index is -0.385. The molecule has 0 aliphatic carbocycles. The number of thiocarbonyl (C=S) groups is 1. The van der Waals surface area contributed by atoms with Crippen LogP contribution in [0.4, 0.5) is 5.69 Å². The molecule has 2 saturated heterocycles. The number of benzene rings is 1. The van der Waals surface area contributed by atoms with Gasteiger partial charge >= 0.3 is 0 Å². The lowest BCUT2D eigenvalue weighted by Gasteiger charge is -2.32. The lowest BCUT2D eigenvalue weighted by Crippen LogP contribution is -2.42. The molecule has 2 aromatic heterocycles. The molecular formula is C24H26N6O3S. The fourth-order valence-electron chi connectivity index (χ4n) is 4.65. The first-order valence-electron chi connectivity index (χ1n) is 11.3. The average molecular weight is 479 g/mol. The number of nitrogens with zero attached hydrogens (tertiary/aromatic N) is 5. The maximum atomic E-state index is 11.1. The van der Waals surface area contributed by atoms with Gasteiger partial charge in [-0.15, -0.1) is 0 Å². The summed E-state index contributed by atoms with van der Waals surface area (Å²) in [6.45, 7) is 5.00. The molecular weight excluding hydrogens is 452 g/mol. The van der Waals surface area contributed by atoms with Crippen molar-refractivity contribution in [3.05, 3.63) is 88.5 Å². The van der Waals surface area contributed by atoms with Crippen LogP contribution in [-0.4, -0.2) is 68.8 Å². The number of aromatic nitrogens is 2. The SMILES string of the molecule is O=[N+]([O-])c1ccc(-n2cccc2[C@H]2[C@@H](c3ccccn3)NC(=S)N2CCN2CCOCC2)cc1. The van der Waals surface area contributed by atoms with Crippen LogP contribution in [0, 0.1) is 10.1 Å². The normalized spacial score (nSPS) is 20.9. The predicted octanol–water partition coefficient (Wildman–Crippen LogP) is 3.09. The van der Waals surface area contributed by atoms with Crippen molar-refractivity contribution in [3.8, 4) is 5.69 Å². The lowest BCUT2D eigenvalue weighted by molar-refractivity contribution is -0.384. The van der Waals surface area contributed by atoms with Gasteiger partial charge in [-0.05, 0) is 48.6 Å². The summed E-state index contributed by atoms with van der Waals surface area (Å²) in [7, 11) is 0. The second-order valence-corrected chi connectivity index (χ2v) is 8.74. The third-order valence-electron chi connectivity index (χ3n) is 6.38. The van der Waals surface area contributed by atoms with E-state index in [-0.39, 0.29) is 22.7 Å². The Morgan fingerprint density at radius 3 is 2.59 bits per heavy atom. The molecule has 1 aromatic carbocycles. The van der Waals surface area contributed by atoms with Crippen molar-refractivity contribution in [1.82, 2.24) is 24.7 Å². The molecule has 2 aliphatic rings. The standard InChI is InChI=1S/C24H26N6O3S/c31-30(32)19-8-6-18(7-9-19)28-11-3-5-21(28)23-22(20-4-1-2-10-25-20)26-24(34)29(23)13-12-27-14-16-33-17-15-27/h1-11,22-23H,12-17H2,(H,26,34)/t22-,23+/m1/s1. The summed E-state index contributed by atoms with van der Waals surface area (Å²) in [5, 5.41) is 15.3. The van der Waals surface area contributed by atoms with Crippen molar-refractivity contribution < 1.29 is 9.66 Å². The maximum absolute atomic E-state index is 11.1. The zero-order chi connectivity index (χ0) is 23.5. The van der Waals surface area contributed by atoms with E-state index in [2.05, 4.69) is 30.7 Å². The first-order valence-corrected chi connectivity index (χ1v) is 11.7. The first-order chi connectivity index (χ1) is 16.6.